The molecule has 0 heterocycles. The highest BCUT2D eigenvalue weighted by atomic mass is 32.2. The molecule has 3 aromatic rings. The summed E-state index contributed by atoms with van der Waals surface area (Å²) in [6, 6.07) is 14.4. The van der Waals surface area contributed by atoms with Gasteiger partial charge in [-0.1, -0.05) is 36.4 Å². The molecule has 0 aliphatic rings. The van der Waals surface area contributed by atoms with Crippen LogP contribution in [-0.2, 0) is 27.4 Å². The third-order valence-electron chi connectivity index (χ3n) is 4.87. The number of nitrogens with two attached hydrogens (primary N) is 1. The van der Waals surface area contributed by atoms with Crippen molar-refractivity contribution in [2.75, 3.05) is 10.0 Å². The fourth-order valence-electron chi connectivity index (χ4n) is 3.06. The van der Waals surface area contributed by atoms with E-state index < -0.39 is 26.7 Å². The molecule has 0 fully saturated rings. The van der Waals surface area contributed by atoms with Gasteiger partial charge in [-0.25, -0.2) is 8.42 Å². The number of carbonyl (C=O) groups excluding carboxylic acids is 1. The van der Waals surface area contributed by atoms with Crippen LogP contribution in [0.2, 0.25) is 0 Å². The number of carbonyl (C=O) groups is 1. The van der Waals surface area contributed by atoms with Gasteiger partial charge in [0, 0.05) is 11.3 Å². The molecule has 0 aliphatic heterocycles. The van der Waals surface area contributed by atoms with Crippen LogP contribution in [-0.4, -0.2) is 20.2 Å². The van der Waals surface area contributed by atoms with Crippen LogP contribution < -0.4 is 15.8 Å². The number of sulfonamides is 1. The first-order valence-corrected chi connectivity index (χ1v) is 11.4. The first-order valence-electron chi connectivity index (χ1n) is 9.89. The van der Waals surface area contributed by atoms with Crippen molar-refractivity contribution in [3.05, 3.63) is 89.0 Å². The van der Waals surface area contributed by atoms with Gasteiger partial charge in [0.25, 0.3) is 10.0 Å². The normalized spacial score (nSPS) is 11.6. The van der Waals surface area contributed by atoms with Crippen molar-refractivity contribution in [1.82, 2.24) is 0 Å². The first kappa shape index (κ1) is 24.8. The van der Waals surface area contributed by atoms with Crippen LogP contribution in [0.3, 0.4) is 0 Å². The number of amides is 1. The van der Waals surface area contributed by atoms with Crippen LogP contribution in [0.4, 0.5) is 24.5 Å². The predicted octanol–water partition coefficient (Wildman–Crippen LogP) is 4.28. The molecule has 0 saturated carbocycles. The van der Waals surface area contributed by atoms with E-state index in [1.807, 2.05) is 0 Å². The first-order chi connectivity index (χ1) is 15.8. The molecule has 34 heavy (non-hydrogen) atoms. The molecule has 0 atom stereocenters. The number of anilines is 2. The predicted molar refractivity (Wildman–Crippen MR) is 123 cm³/mol. The Hall–Kier alpha value is -3.86. The second-order valence-corrected chi connectivity index (χ2v) is 9.18. The Morgan fingerprint density at radius 1 is 1.03 bits per heavy atom. The van der Waals surface area contributed by atoms with E-state index in [0.29, 0.717) is 28.4 Å². The van der Waals surface area contributed by atoms with Gasteiger partial charge in [-0.2, -0.15) is 13.2 Å². The van der Waals surface area contributed by atoms with E-state index in [1.54, 1.807) is 37.3 Å². The summed E-state index contributed by atoms with van der Waals surface area (Å²) in [6.45, 7) is 1.71. The molecule has 5 N–H and O–H groups in total. The van der Waals surface area contributed by atoms with Crippen molar-refractivity contribution in [3.63, 3.8) is 0 Å². The highest BCUT2D eigenvalue weighted by Gasteiger charge is 2.31. The lowest BCUT2D eigenvalue weighted by Crippen LogP contribution is -2.17. The van der Waals surface area contributed by atoms with E-state index in [4.69, 9.17) is 11.1 Å². The minimum absolute atomic E-state index is 0.0256. The third kappa shape index (κ3) is 6.13. The van der Waals surface area contributed by atoms with Crippen LogP contribution in [0.15, 0.2) is 71.6 Å². The molecule has 0 bridgehead atoms. The van der Waals surface area contributed by atoms with Crippen LogP contribution in [0, 0.1) is 12.3 Å². The Morgan fingerprint density at radius 3 is 2.32 bits per heavy atom. The Kier molecular flexibility index (Phi) is 6.96. The van der Waals surface area contributed by atoms with E-state index in [1.165, 1.54) is 12.1 Å². The van der Waals surface area contributed by atoms with Gasteiger partial charge in [0.1, 0.15) is 5.84 Å². The zero-order valence-electron chi connectivity index (χ0n) is 17.9. The monoisotopic (exact) mass is 490 g/mol. The summed E-state index contributed by atoms with van der Waals surface area (Å²) < 4.78 is 66.3. The Morgan fingerprint density at radius 2 is 1.71 bits per heavy atom. The Labute approximate surface area is 194 Å². The number of alkyl halides is 3. The highest BCUT2D eigenvalue weighted by molar-refractivity contribution is 7.92. The maximum atomic E-state index is 12.9. The molecule has 0 spiro atoms. The second kappa shape index (κ2) is 9.56. The molecule has 0 saturated heterocycles. The summed E-state index contributed by atoms with van der Waals surface area (Å²) >= 11 is 0. The Bertz CT molecular complexity index is 1340. The Balaban J connectivity index is 1.75. The molecule has 178 valence electrons. The fourth-order valence-corrected chi connectivity index (χ4v) is 4.15. The van der Waals surface area contributed by atoms with Crippen molar-refractivity contribution >= 4 is 33.1 Å². The molecule has 7 nitrogen and oxygen atoms in total. The average molecular weight is 491 g/mol. The van der Waals surface area contributed by atoms with Gasteiger partial charge in [0.2, 0.25) is 5.91 Å². The summed E-state index contributed by atoms with van der Waals surface area (Å²) in [4.78, 5) is 11.9. The maximum absolute atomic E-state index is 12.9. The van der Waals surface area contributed by atoms with Crippen LogP contribution in [0.1, 0.15) is 22.3 Å². The summed E-state index contributed by atoms with van der Waals surface area (Å²) in [7, 11) is -4.30. The van der Waals surface area contributed by atoms with Crippen molar-refractivity contribution in [3.8, 4) is 0 Å². The number of nitrogens with one attached hydrogen (secondary N) is 3. The van der Waals surface area contributed by atoms with Crippen molar-refractivity contribution < 1.29 is 26.4 Å². The van der Waals surface area contributed by atoms with E-state index in [2.05, 4.69) is 10.0 Å². The third-order valence-corrected chi connectivity index (χ3v) is 6.24. The lowest BCUT2D eigenvalue weighted by molar-refractivity contribution is -0.137. The molecule has 1 amide bonds. The number of hydrogen-bond acceptors (Lipinski definition) is 4. The summed E-state index contributed by atoms with van der Waals surface area (Å²) in [5, 5.41) is 10.1. The van der Waals surface area contributed by atoms with Gasteiger partial charge in [-0.15, -0.1) is 0 Å². The molecule has 3 rings (SSSR count). The van der Waals surface area contributed by atoms with Crippen molar-refractivity contribution in [2.24, 2.45) is 5.73 Å². The molecular weight excluding hydrogens is 469 g/mol. The van der Waals surface area contributed by atoms with E-state index in [9.17, 15) is 26.4 Å². The molecule has 0 aliphatic carbocycles. The van der Waals surface area contributed by atoms with Crippen molar-refractivity contribution in [2.45, 2.75) is 24.4 Å². The lowest BCUT2D eigenvalue weighted by Gasteiger charge is -2.14. The quantitative estimate of drug-likeness (QED) is 0.291. The lowest BCUT2D eigenvalue weighted by atomic mass is 10.1. The molecule has 0 radical (unpaired) electrons. The van der Waals surface area contributed by atoms with Crippen LogP contribution in [0.5, 0.6) is 0 Å². The van der Waals surface area contributed by atoms with Crippen LogP contribution >= 0.6 is 0 Å². The molecule has 0 unspecified atom stereocenters. The minimum atomic E-state index is -4.68. The van der Waals surface area contributed by atoms with Gasteiger partial charge in [-0.3, -0.25) is 14.9 Å². The minimum Gasteiger partial charge on any atom is -0.384 e. The van der Waals surface area contributed by atoms with E-state index >= 15 is 0 Å². The van der Waals surface area contributed by atoms with Gasteiger partial charge >= 0.3 is 6.18 Å². The van der Waals surface area contributed by atoms with E-state index in [-0.39, 0.29) is 23.9 Å². The number of aryl methyl sites for hydroxylation is 1. The largest absolute Gasteiger partial charge is 0.416 e. The topological polar surface area (TPSA) is 125 Å². The van der Waals surface area contributed by atoms with Crippen LogP contribution in [0.25, 0.3) is 0 Å². The van der Waals surface area contributed by atoms with Gasteiger partial charge in [0.05, 0.1) is 22.6 Å². The number of rotatable bonds is 7. The van der Waals surface area contributed by atoms with Gasteiger partial charge < -0.3 is 11.1 Å². The smallest absolute Gasteiger partial charge is 0.384 e. The summed E-state index contributed by atoms with van der Waals surface area (Å²) in [6.07, 6.45) is -4.66. The highest BCUT2D eigenvalue weighted by Crippen LogP contribution is 2.31. The second-order valence-electron chi connectivity index (χ2n) is 7.50. The zero-order chi connectivity index (χ0) is 25.1. The van der Waals surface area contributed by atoms with E-state index in [0.717, 1.165) is 18.2 Å². The molecule has 0 aromatic heterocycles. The van der Waals surface area contributed by atoms with Gasteiger partial charge in [-0.05, 0) is 48.4 Å². The maximum Gasteiger partial charge on any atom is 0.416 e. The number of halogens is 3. The number of nitrogen functional groups attached to an aromatic ring is 1. The standard InChI is InChI=1S/C23H21F3N4O3S/c1-14-5-10-18(30-34(32,33)19-4-2-3-17(12-19)23(24,25)26)13-20(14)29-21(31)11-15-6-8-16(9-7-15)22(27)28/h2-10,12-13,30H,11H2,1H3,(H3,27,28)(H,29,31). The molecule has 3 aromatic carbocycles. The number of hydrogen-bond donors (Lipinski definition) is 4. The van der Waals surface area contributed by atoms with Crippen molar-refractivity contribution in [1.29, 1.82) is 5.41 Å². The molecular formula is C23H21F3N4O3S. The zero-order valence-corrected chi connectivity index (χ0v) is 18.7. The van der Waals surface area contributed by atoms with Gasteiger partial charge in [0.15, 0.2) is 0 Å². The fraction of sp³-hybridized carbons (Fsp3) is 0.130. The molecule has 11 heteroatoms. The SMILES string of the molecule is Cc1ccc(NS(=O)(=O)c2cccc(C(F)(F)F)c2)cc1NC(=O)Cc1ccc(C(=N)N)cc1. The number of benzene rings is 3. The summed E-state index contributed by atoms with van der Waals surface area (Å²) in [5.74, 6) is -0.451. The number of amidine groups is 1. The summed E-state index contributed by atoms with van der Waals surface area (Å²) in [5.41, 5.74) is 6.61. The average Bonchev–Trinajstić information content (AvgIpc) is 2.76.